The Morgan fingerprint density at radius 1 is 1.07 bits per heavy atom. The molecule has 0 aliphatic carbocycles. The minimum Gasteiger partial charge on any atom is -0.502 e. The van der Waals surface area contributed by atoms with Crippen LogP contribution >= 0.6 is 0 Å². The molecule has 28 heavy (non-hydrogen) atoms. The standard InChI is InChI=1S/C19H15N3O6/c1-10-5-11(2)7-13(6-10)21-18(25)14(17(24)20-19(21)26)8-12-3-4-16(23)15(9-12)22(27)28/h3-9,23H,1-2H3,(H,20,24,26)/b14-8+. The number of nitro benzene ring substituents is 1. The molecule has 9 nitrogen and oxygen atoms in total. The Balaban J connectivity index is 2.06. The first-order valence-electron chi connectivity index (χ1n) is 8.14. The van der Waals surface area contributed by atoms with Gasteiger partial charge in [-0.05, 0) is 54.8 Å². The number of aryl methyl sites for hydroxylation is 2. The maximum absolute atomic E-state index is 12.9. The van der Waals surface area contributed by atoms with Gasteiger partial charge in [0.15, 0.2) is 5.75 Å². The summed E-state index contributed by atoms with van der Waals surface area (Å²) in [5, 5.41) is 22.6. The van der Waals surface area contributed by atoms with Crippen LogP contribution in [0.3, 0.4) is 0 Å². The van der Waals surface area contributed by atoms with Gasteiger partial charge < -0.3 is 5.11 Å². The first-order valence-corrected chi connectivity index (χ1v) is 8.14. The molecule has 4 amide bonds. The Morgan fingerprint density at radius 2 is 1.71 bits per heavy atom. The van der Waals surface area contributed by atoms with Crippen molar-refractivity contribution in [3.05, 3.63) is 68.8 Å². The average Bonchev–Trinajstić information content (AvgIpc) is 2.58. The summed E-state index contributed by atoms with van der Waals surface area (Å²) < 4.78 is 0. The zero-order valence-electron chi connectivity index (χ0n) is 14.9. The third-order valence-electron chi connectivity index (χ3n) is 4.07. The molecule has 0 radical (unpaired) electrons. The number of benzene rings is 2. The van der Waals surface area contributed by atoms with E-state index in [4.69, 9.17) is 0 Å². The minimum atomic E-state index is -0.911. The van der Waals surface area contributed by atoms with Crippen molar-refractivity contribution in [2.24, 2.45) is 0 Å². The molecule has 2 aromatic rings. The highest BCUT2D eigenvalue weighted by Crippen LogP contribution is 2.28. The smallest absolute Gasteiger partial charge is 0.335 e. The van der Waals surface area contributed by atoms with Gasteiger partial charge in [0.25, 0.3) is 11.8 Å². The highest BCUT2D eigenvalue weighted by Gasteiger charge is 2.37. The van der Waals surface area contributed by atoms with E-state index in [-0.39, 0.29) is 11.1 Å². The van der Waals surface area contributed by atoms with Gasteiger partial charge in [0, 0.05) is 6.07 Å². The second-order valence-electron chi connectivity index (χ2n) is 6.31. The van der Waals surface area contributed by atoms with Gasteiger partial charge in [-0.2, -0.15) is 0 Å². The molecular formula is C19H15N3O6. The third-order valence-corrected chi connectivity index (χ3v) is 4.07. The summed E-state index contributed by atoms with van der Waals surface area (Å²) in [6, 6.07) is 7.67. The van der Waals surface area contributed by atoms with Crippen LogP contribution < -0.4 is 10.2 Å². The first-order chi connectivity index (χ1) is 13.2. The van der Waals surface area contributed by atoms with E-state index in [1.54, 1.807) is 26.0 Å². The van der Waals surface area contributed by atoms with Crippen molar-refractivity contribution in [2.75, 3.05) is 4.90 Å². The number of imide groups is 2. The van der Waals surface area contributed by atoms with Crippen LogP contribution in [0.1, 0.15) is 16.7 Å². The first kappa shape index (κ1) is 18.8. The van der Waals surface area contributed by atoms with E-state index >= 15 is 0 Å². The van der Waals surface area contributed by atoms with Crippen LogP contribution in [0.5, 0.6) is 5.75 Å². The number of amides is 4. The molecule has 9 heteroatoms. The summed E-state index contributed by atoms with van der Waals surface area (Å²) in [6.07, 6.45) is 1.13. The fraction of sp³-hybridized carbons (Fsp3) is 0.105. The summed E-state index contributed by atoms with van der Waals surface area (Å²) in [4.78, 5) is 48.3. The zero-order chi connectivity index (χ0) is 20.6. The largest absolute Gasteiger partial charge is 0.502 e. The number of barbiturate groups is 1. The summed E-state index contributed by atoms with van der Waals surface area (Å²) in [7, 11) is 0. The third kappa shape index (κ3) is 3.45. The molecular weight excluding hydrogens is 366 g/mol. The number of nitrogens with one attached hydrogen (secondary N) is 1. The summed E-state index contributed by atoms with van der Waals surface area (Å²) in [6.45, 7) is 3.61. The molecule has 0 saturated carbocycles. The molecule has 2 N–H and O–H groups in total. The van der Waals surface area contributed by atoms with Crippen LogP contribution in [0, 0.1) is 24.0 Å². The van der Waals surface area contributed by atoms with Crippen LogP contribution in [0.15, 0.2) is 42.0 Å². The SMILES string of the molecule is Cc1cc(C)cc(N2C(=O)NC(=O)/C(=C\c3ccc(O)c([N+](=O)[O-])c3)C2=O)c1. The molecule has 1 aliphatic rings. The van der Waals surface area contributed by atoms with Gasteiger partial charge in [0.05, 0.1) is 10.6 Å². The minimum absolute atomic E-state index is 0.151. The van der Waals surface area contributed by atoms with Gasteiger partial charge in [0.1, 0.15) is 5.57 Å². The summed E-state index contributed by atoms with van der Waals surface area (Å²) >= 11 is 0. The van der Waals surface area contributed by atoms with Crippen LogP contribution in [0.4, 0.5) is 16.2 Å². The topological polar surface area (TPSA) is 130 Å². The van der Waals surface area contributed by atoms with Crippen molar-refractivity contribution in [1.82, 2.24) is 5.32 Å². The number of carbonyl (C=O) groups is 3. The number of anilines is 1. The Labute approximate surface area is 159 Å². The molecule has 2 aromatic carbocycles. The zero-order valence-corrected chi connectivity index (χ0v) is 14.9. The number of urea groups is 1. The molecule has 3 rings (SSSR count). The van der Waals surface area contributed by atoms with Gasteiger partial charge in [-0.3, -0.25) is 25.0 Å². The number of hydrogen-bond acceptors (Lipinski definition) is 6. The van der Waals surface area contributed by atoms with Gasteiger partial charge in [-0.15, -0.1) is 0 Å². The van der Waals surface area contributed by atoms with Crippen LogP contribution in [-0.2, 0) is 9.59 Å². The maximum Gasteiger partial charge on any atom is 0.335 e. The van der Waals surface area contributed by atoms with Crippen molar-refractivity contribution in [3.63, 3.8) is 0 Å². The van der Waals surface area contributed by atoms with Gasteiger partial charge >= 0.3 is 11.7 Å². The van der Waals surface area contributed by atoms with Crippen molar-refractivity contribution >= 4 is 35.3 Å². The Morgan fingerprint density at radius 3 is 2.32 bits per heavy atom. The molecule has 1 heterocycles. The number of carbonyl (C=O) groups excluding carboxylic acids is 3. The molecule has 0 spiro atoms. The predicted molar refractivity (Wildman–Crippen MR) is 99.7 cm³/mol. The number of nitro groups is 1. The summed E-state index contributed by atoms with van der Waals surface area (Å²) in [5.74, 6) is -2.31. The van der Waals surface area contributed by atoms with Crippen molar-refractivity contribution in [2.45, 2.75) is 13.8 Å². The van der Waals surface area contributed by atoms with Crippen LogP contribution in [-0.4, -0.2) is 27.9 Å². The Kier molecular flexibility index (Phi) is 4.66. The van der Waals surface area contributed by atoms with E-state index in [1.807, 2.05) is 6.07 Å². The number of aromatic hydroxyl groups is 1. The van der Waals surface area contributed by atoms with E-state index in [2.05, 4.69) is 5.32 Å². The molecule has 0 bridgehead atoms. The molecule has 142 valence electrons. The lowest BCUT2D eigenvalue weighted by Gasteiger charge is -2.27. The van der Waals surface area contributed by atoms with Gasteiger partial charge in [-0.25, -0.2) is 9.69 Å². The Hall–Kier alpha value is -4.01. The van der Waals surface area contributed by atoms with Crippen molar-refractivity contribution < 1.29 is 24.4 Å². The number of hydrogen-bond donors (Lipinski definition) is 2. The second-order valence-corrected chi connectivity index (χ2v) is 6.31. The van der Waals surface area contributed by atoms with E-state index in [1.165, 1.54) is 6.07 Å². The number of nitrogens with zero attached hydrogens (tertiary/aromatic N) is 2. The quantitative estimate of drug-likeness (QED) is 0.364. The average molecular weight is 381 g/mol. The molecule has 1 fully saturated rings. The fourth-order valence-corrected chi connectivity index (χ4v) is 2.91. The number of phenolic OH excluding ortho intramolecular Hbond substituents is 1. The van der Waals surface area contributed by atoms with E-state index in [0.29, 0.717) is 5.69 Å². The number of rotatable bonds is 3. The monoisotopic (exact) mass is 381 g/mol. The van der Waals surface area contributed by atoms with Crippen molar-refractivity contribution in [1.29, 1.82) is 0 Å². The second kappa shape index (κ2) is 6.95. The molecule has 1 aliphatic heterocycles. The highest BCUT2D eigenvalue weighted by atomic mass is 16.6. The molecule has 0 atom stereocenters. The van der Waals surface area contributed by atoms with E-state index < -0.39 is 34.2 Å². The lowest BCUT2D eigenvalue weighted by atomic mass is 10.0. The number of phenols is 1. The van der Waals surface area contributed by atoms with Crippen molar-refractivity contribution in [3.8, 4) is 5.75 Å². The lowest BCUT2D eigenvalue weighted by molar-refractivity contribution is -0.385. The highest BCUT2D eigenvalue weighted by molar-refractivity contribution is 6.39. The lowest BCUT2D eigenvalue weighted by Crippen LogP contribution is -2.54. The van der Waals surface area contributed by atoms with E-state index in [0.717, 1.165) is 34.2 Å². The maximum atomic E-state index is 12.9. The van der Waals surface area contributed by atoms with E-state index in [9.17, 15) is 29.6 Å². The predicted octanol–water partition coefficient (Wildman–Crippen LogP) is 2.58. The summed E-state index contributed by atoms with van der Waals surface area (Å²) in [5.41, 5.74) is 1.17. The molecule has 1 saturated heterocycles. The van der Waals surface area contributed by atoms with Crippen LogP contribution in [0.25, 0.3) is 6.08 Å². The van der Waals surface area contributed by atoms with Crippen LogP contribution in [0.2, 0.25) is 0 Å². The van der Waals surface area contributed by atoms with Gasteiger partial charge in [-0.1, -0.05) is 12.1 Å². The normalized spacial score (nSPS) is 15.7. The van der Waals surface area contributed by atoms with Gasteiger partial charge in [0.2, 0.25) is 0 Å². The molecule has 0 aromatic heterocycles. The Bertz CT molecular complexity index is 1050. The fourth-order valence-electron chi connectivity index (χ4n) is 2.91. The molecule has 0 unspecified atom stereocenters.